The lowest BCUT2D eigenvalue weighted by molar-refractivity contribution is -0.114. The van der Waals surface area contributed by atoms with E-state index in [1.165, 1.54) is 0 Å². The van der Waals surface area contributed by atoms with E-state index in [0.717, 1.165) is 17.2 Å². The minimum absolute atomic E-state index is 0.128. The summed E-state index contributed by atoms with van der Waals surface area (Å²) in [4.78, 5) is 12.3. The summed E-state index contributed by atoms with van der Waals surface area (Å²) < 4.78 is 17.1. The van der Waals surface area contributed by atoms with Crippen molar-refractivity contribution in [1.29, 1.82) is 0 Å². The van der Waals surface area contributed by atoms with Gasteiger partial charge in [-0.2, -0.15) is 0 Å². The number of hydrogen-bond donors (Lipinski definition) is 2. The predicted molar refractivity (Wildman–Crippen MR) is 134 cm³/mol. The van der Waals surface area contributed by atoms with Gasteiger partial charge in [-0.1, -0.05) is 42.5 Å². The molecule has 4 aromatic rings. The highest BCUT2D eigenvalue weighted by atomic mass is 16.5. The molecule has 1 amide bonds. The number of anilines is 2. The first-order chi connectivity index (χ1) is 16.7. The number of carbonyl (C=O) groups excluding carboxylic acids is 1. The van der Waals surface area contributed by atoms with Crippen LogP contribution in [0.4, 0.5) is 11.4 Å². The summed E-state index contributed by atoms with van der Waals surface area (Å²) in [5.41, 5.74) is 1.49. The summed E-state index contributed by atoms with van der Waals surface area (Å²) in [7, 11) is 0. The highest BCUT2D eigenvalue weighted by Gasteiger charge is 2.05. The summed E-state index contributed by atoms with van der Waals surface area (Å²) >= 11 is 0. The maximum absolute atomic E-state index is 12.3. The Morgan fingerprint density at radius 1 is 0.588 bits per heavy atom. The van der Waals surface area contributed by atoms with Crippen LogP contribution in [0.25, 0.3) is 0 Å². The molecule has 0 aliphatic carbocycles. The monoisotopic (exact) mass is 454 g/mol. The van der Waals surface area contributed by atoms with Crippen LogP contribution in [-0.2, 0) is 4.79 Å². The van der Waals surface area contributed by atoms with Crippen molar-refractivity contribution in [1.82, 2.24) is 0 Å². The average Bonchev–Trinajstić information content (AvgIpc) is 2.88. The van der Waals surface area contributed by atoms with E-state index in [1.807, 2.05) is 109 Å². The summed E-state index contributed by atoms with van der Waals surface area (Å²) in [5.74, 6) is 2.83. The van der Waals surface area contributed by atoms with Gasteiger partial charge in [-0.25, -0.2) is 0 Å². The number of para-hydroxylation sites is 2. The van der Waals surface area contributed by atoms with Crippen LogP contribution in [0, 0.1) is 0 Å². The smallest absolute Gasteiger partial charge is 0.243 e. The third-order valence-electron chi connectivity index (χ3n) is 4.77. The molecule has 0 aromatic heterocycles. The van der Waals surface area contributed by atoms with Gasteiger partial charge >= 0.3 is 0 Å². The maximum atomic E-state index is 12.3. The Hall–Kier alpha value is -4.45. The number of hydrogen-bond acceptors (Lipinski definition) is 5. The fraction of sp³-hybridized carbons (Fsp3) is 0.107. The molecule has 0 atom stereocenters. The molecule has 172 valence electrons. The second kappa shape index (κ2) is 12.0. The third kappa shape index (κ3) is 7.31. The number of nitrogens with one attached hydrogen (secondary N) is 2. The fourth-order valence-corrected chi connectivity index (χ4v) is 3.15. The second-order valence-corrected chi connectivity index (χ2v) is 7.38. The number of amides is 1. The van der Waals surface area contributed by atoms with Crippen LogP contribution in [0.5, 0.6) is 23.0 Å². The van der Waals surface area contributed by atoms with Crippen LogP contribution >= 0.6 is 0 Å². The number of ether oxygens (including phenoxy) is 3. The molecule has 2 N–H and O–H groups in total. The lowest BCUT2D eigenvalue weighted by atomic mass is 10.3. The molecule has 0 fully saturated rings. The second-order valence-electron chi connectivity index (χ2n) is 7.38. The van der Waals surface area contributed by atoms with Crippen LogP contribution < -0.4 is 24.8 Å². The van der Waals surface area contributed by atoms with Gasteiger partial charge in [-0.3, -0.25) is 4.79 Å². The zero-order chi connectivity index (χ0) is 23.4. The normalized spacial score (nSPS) is 10.2. The summed E-state index contributed by atoms with van der Waals surface area (Å²) in [6.07, 6.45) is 0. The van der Waals surface area contributed by atoms with Crippen LogP contribution in [0.15, 0.2) is 109 Å². The zero-order valence-electron chi connectivity index (χ0n) is 18.6. The lowest BCUT2D eigenvalue weighted by Gasteiger charge is -2.11. The molecule has 0 spiro atoms. The Kier molecular flexibility index (Phi) is 8.00. The lowest BCUT2D eigenvalue weighted by Crippen LogP contribution is -2.21. The van der Waals surface area contributed by atoms with Crippen molar-refractivity contribution in [2.24, 2.45) is 0 Å². The van der Waals surface area contributed by atoms with Gasteiger partial charge in [0.15, 0.2) is 0 Å². The Morgan fingerprint density at radius 3 is 1.88 bits per heavy atom. The van der Waals surface area contributed by atoms with E-state index in [-0.39, 0.29) is 12.5 Å². The molecule has 0 aliphatic rings. The molecular formula is C28H26N2O4. The van der Waals surface area contributed by atoms with Crippen molar-refractivity contribution in [2.45, 2.75) is 0 Å². The van der Waals surface area contributed by atoms with Crippen molar-refractivity contribution in [3.63, 3.8) is 0 Å². The quantitative estimate of drug-likeness (QED) is 0.273. The molecule has 0 radical (unpaired) electrons. The molecular weight excluding hydrogens is 428 g/mol. The van der Waals surface area contributed by atoms with E-state index in [0.29, 0.717) is 30.4 Å². The number of rotatable bonds is 11. The molecule has 4 rings (SSSR count). The van der Waals surface area contributed by atoms with Crippen LogP contribution in [0.3, 0.4) is 0 Å². The van der Waals surface area contributed by atoms with Gasteiger partial charge in [-0.05, 0) is 60.7 Å². The molecule has 4 aromatic carbocycles. The van der Waals surface area contributed by atoms with E-state index in [2.05, 4.69) is 10.6 Å². The summed E-state index contributed by atoms with van der Waals surface area (Å²) in [6.45, 7) is 0.991. The highest BCUT2D eigenvalue weighted by Crippen LogP contribution is 2.23. The highest BCUT2D eigenvalue weighted by molar-refractivity contribution is 5.93. The largest absolute Gasteiger partial charge is 0.490 e. The van der Waals surface area contributed by atoms with E-state index >= 15 is 0 Å². The Morgan fingerprint density at radius 2 is 1.18 bits per heavy atom. The van der Waals surface area contributed by atoms with Crippen molar-refractivity contribution in [3.05, 3.63) is 109 Å². The summed E-state index contributed by atoms with van der Waals surface area (Å²) in [5, 5.41) is 5.99. The third-order valence-corrected chi connectivity index (χ3v) is 4.77. The number of carbonyl (C=O) groups is 1. The first-order valence-electron chi connectivity index (χ1n) is 11.0. The Bertz CT molecular complexity index is 1170. The molecule has 0 bridgehead atoms. The van der Waals surface area contributed by atoms with Gasteiger partial charge in [0.1, 0.15) is 36.2 Å². The fourth-order valence-electron chi connectivity index (χ4n) is 3.15. The molecule has 0 aliphatic heterocycles. The first kappa shape index (κ1) is 22.7. The minimum atomic E-state index is -0.153. The van der Waals surface area contributed by atoms with E-state index in [9.17, 15) is 4.79 Å². The van der Waals surface area contributed by atoms with Crippen molar-refractivity contribution < 1.29 is 19.0 Å². The van der Waals surface area contributed by atoms with Gasteiger partial charge in [0, 0.05) is 17.4 Å². The van der Waals surface area contributed by atoms with Crippen molar-refractivity contribution in [2.75, 3.05) is 30.4 Å². The topological polar surface area (TPSA) is 68.8 Å². The molecule has 0 saturated heterocycles. The molecule has 34 heavy (non-hydrogen) atoms. The van der Waals surface area contributed by atoms with Crippen LogP contribution in [0.2, 0.25) is 0 Å². The molecule has 0 saturated carbocycles. The Balaban J connectivity index is 1.19. The van der Waals surface area contributed by atoms with Crippen LogP contribution in [-0.4, -0.2) is 25.7 Å². The van der Waals surface area contributed by atoms with E-state index in [1.54, 1.807) is 0 Å². The Labute approximate surface area is 199 Å². The molecule has 6 nitrogen and oxygen atoms in total. The zero-order valence-corrected chi connectivity index (χ0v) is 18.6. The molecule has 0 unspecified atom stereocenters. The SMILES string of the molecule is O=C(CNc1cccc(OCCOc2ccccc2)c1)Nc1ccc(Oc2ccccc2)cc1. The van der Waals surface area contributed by atoms with Gasteiger partial charge in [-0.15, -0.1) is 0 Å². The van der Waals surface area contributed by atoms with E-state index in [4.69, 9.17) is 14.2 Å². The van der Waals surface area contributed by atoms with Gasteiger partial charge in [0.2, 0.25) is 5.91 Å². The molecule has 6 heteroatoms. The standard InChI is InChI=1S/C28H26N2O4/c31-28(30-22-14-16-26(17-15-22)34-25-11-5-2-6-12-25)21-29-23-8-7-13-27(20-23)33-19-18-32-24-9-3-1-4-10-24/h1-17,20,29H,18-19,21H2,(H,30,31). The van der Waals surface area contributed by atoms with Crippen LogP contribution in [0.1, 0.15) is 0 Å². The molecule has 0 heterocycles. The van der Waals surface area contributed by atoms with Gasteiger partial charge in [0.05, 0.1) is 6.54 Å². The van der Waals surface area contributed by atoms with Gasteiger partial charge < -0.3 is 24.8 Å². The maximum Gasteiger partial charge on any atom is 0.243 e. The average molecular weight is 455 g/mol. The van der Waals surface area contributed by atoms with Crippen molar-refractivity contribution >= 4 is 17.3 Å². The number of benzene rings is 4. The predicted octanol–water partition coefficient (Wildman–Crippen LogP) is 5.99. The minimum Gasteiger partial charge on any atom is -0.490 e. The van der Waals surface area contributed by atoms with Gasteiger partial charge in [0.25, 0.3) is 0 Å². The summed E-state index contributed by atoms with van der Waals surface area (Å²) in [6, 6.07) is 33.9. The van der Waals surface area contributed by atoms with E-state index < -0.39 is 0 Å². The van der Waals surface area contributed by atoms with Crippen molar-refractivity contribution in [3.8, 4) is 23.0 Å². The first-order valence-corrected chi connectivity index (χ1v) is 11.0.